The van der Waals surface area contributed by atoms with E-state index in [2.05, 4.69) is 4.98 Å². The molecular weight excluding hydrogens is 332 g/mol. The molecule has 0 fully saturated rings. The zero-order valence-electron chi connectivity index (χ0n) is 13.1. The summed E-state index contributed by atoms with van der Waals surface area (Å²) in [6.45, 7) is 0.753. The maximum Gasteiger partial charge on any atom is 0.270 e. The van der Waals surface area contributed by atoms with Gasteiger partial charge in [-0.3, -0.25) is 0 Å². The molecule has 2 nitrogen and oxygen atoms in total. The van der Waals surface area contributed by atoms with Crippen LogP contribution in [0.15, 0.2) is 48.7 Å². The standard InChI is InChI=1S/C19H12F4N2/c1-19(22,23)14-7-12(11-2-3-16(20)17(21)9-11)6-13(8-14)15-4-5-25-18(15)10-24/h2-9,25H,1H3. The van der Waals surface area contributed by atoms with E-state index in [4.69, 9.17) is 5.26 Å². The number of nitrogens with one attached hydrogen (secondary N) is 1. The van der Waals surface area contributed by atoms with Crippen molar-refractivity contribution in [2.45, 2.75) is 12.8 Å². The molecule has 1 heterocycles. The Bertz CT molecular complexity index is 978. The molecular formula is C19H12F4N2. The Morgan fingerprint density at radius 3 is 2.28 bits per heavy atom. The molecule has 3 rings (SSSR count). The highest BCUT2D eigenvalue weighted by Gasteiger charge is 2.26. The zero-order valence-corrected chi connectivity index (χ0v) is 13.1. The lowest BCUT2D eigenvalue weighted by atomic mass is 9.94. The van der Waals surface area contributed by atoms with Gasteiger partial charge in [0.1, 0.15) is 11.8 Å². The smallest absolute Gasteiger partial charge is 0.270 e. The predicted molar refractivity (Wildman–Crippen MR) is 85.9 cm³/mol. The number of nitriles is 1. The Morgan fingerprint density at radius 1 is 0.920 bits per heavy atom. The molecule has 2 aromatic carbocycles. The molecule has 0 amide bonds. The molecule has 0 aliphatic carbocycles. The minimum Gasteiger partial charge on any atom is -0.353 e. The van der Waals surface area contributed by atoms with Crippen molar-refractivity contribution in [3.63, 3.8) is 0 Å². The second-order valence-electron chi connectivity index (χ2n) is 5.69. The average Bonchev–Trinajstić information content (AvgIpc) is 3.05. The van der Waals surface area contributed by atoms with Crippen molar-refractivity contribution >= 4 is 0 Å². The average molecular weight is 344 g/mol. The number of benzene rings is 2. The van der Waals surface area contributed by atoms with Gasteiger partial charge in [-0.1, -0.05) is 6.07 Å². The summed E-state index contributed by atoms with van der Waals surface area (Å²) in [7, 11) is 0. The van der Waals surface area contributed by atoms with E-state index in [-0.39, 0.29) is 16.8 Å². The molecule has 3 aromatic rings. The van der Waals surface area contributed by atoms with Crippen LogP contribution in [0, 0.1) is 23.0 Å². The molecule has 126 valence electrons. The normalized spacial score (nSPS) is 11.4. The molecule has 0 aliphatic rings. The summed E-state index contributed by atoms with van der Waals surface area (Å²) < 4.78 is 54.5. The van der Waals surface area contributed by atoms with Crippen LogP contribution < -0.4 is 0 Å². The summed E-state index contributed by atoms with van der Waals surface area (Å²) >= 11 is 0. The first kappa shape index (κ1) is 16.8. The second kappa shape index (κ2) is 6.10. The van der Waals surface area contributed by atoms with Crippen molar-refractivity contribution in [3.05, 3.63) is 71.6 Å². The second-order valence-corrected chi connectivity index (χ2v) is 5.69. The molecule has 0 aliphatic heterocycles. The number of hydrogen-bond donors (Lipinski definition) is 1. The van der Waals surface area contributed by atoms with Crippen LogP contribution in [0.2, 0.25) is 0 Å². The Hall–Kier alpha value is -3.07. The van der Waals surface area contributed by atoms with Crippen molar-refractivity contribution < 1.29 is 17.6 Å². The molecule has 0 saturated carbocycles. The van der Waals surface area contributed by atoms with E-state index in [1.165, 1.54) is 24.4 Å². The zero-order chi connectivity index (χ0) is 18.2. The third-order valence-corrected chi connectivity index (χ3v) is 3.86. The lowest BCUT2D eigenvalue weighted by molar-refractivity contribution is 0.0175. The van der Waals surface area contributed by atoms with Gasteiger partial charge in [-0.25, -0.2) is 17.6 Å². The van der Waals surface area contributed by atoms with Gasteiger partial charge in [-0.15, -0.1) is 0 Å². The molecule has 1 aromatic heterocycles. The van der Waals surface area contributed by atoms with Crippen LogP contribution in [0.5, 0.6) is 0 Å². The fourth-order valence-electron chi connectivity index (χ4n) is 2.58. The fourth-order valence-corrected chi connectivity index (χ4v) is 2.58. The molecule has 0 bridgehead atoms. The highest BCUT2D eigenvalue weighted by Crippen LogP contribution is 2.36. The minimum absolute atomic E-state index is 0.229. The summed E-state index contributed by atoms with van der Waals surface area (Å²) in [5.41, 5.74) is 1.36. The largest absolute Gasteiger partial charge is 0.353 e. The molecule has 1 N–H and O–H groups in total. The summed E-state index contributed by atoms with van der Waals surface area (Å²) in [4.78, 5) is 2.73. The third kappa shape index (κ3) is 3.26. The van der Waals surface area contributed by atoms with Crippen LogP contribution in [-0.2, 0) is 5.92 Å². The van der Waals surface area contributed by atoms with Gasteiger partial charge >= 0.3 is 0 Å². The lowest BCUT2D eigenvalue weighted by Gasteiger charge is -2.15. The third-order valence-electron chi connectivity index (χ3n) is 3.86. The van der Waals surface area contributed by atoms with Crippen LogP contribution in [0.1, 0.15) is 18.2 Å². The highest BCUT2D eigenvalue weighted by molar-refractivity contribution is 5.77. The number of H-pyrrole nitrogens is 1. The first-order valence-electron chi connectivity index (χ1n) is 7.36. The quantitative estimate of drug-likeness (QED) is 0.616. The van der Waals surface area contributed by atoms with Gasteiger partial charge in [0.2, 0.25) is 0 Å². The number of aromatic nitrogens is 1. The monoisotopic (exact) mass is 344 g/mol. The molecule has 0 unspecified atom stereocenters. The van der Waals surface area contributed by atoms with Crippen molar-refractivity contribution in [3.8, 4) is 28.3 Å². The van der Waals surface area contributed by atoms with Crippen molar-refractivity contribution in [2.24, 2.45) is 0 Å². The van der Waals surface area contributed by atoms with Crippen LogP contribution >= 0.6 is 0 Å². The van der Waals surface area contributed by atoms with E-state index in [1.807, 2.05) is 6.07 Å². The Labute approximate surface area is 141 Å². The van der Waals surface area contributed by atoms with Gasteiger partial charge in [-0.05, 0) is 53.1 Å². The summed E-state index contributed by atoms with van der Waals surface area (Å²) in [6, 6.07) is 10.8. The van der Waals surface area contributed by atoms with E-state index >= 15 is 0 Å². The number of hydrogen-bond acceptors (Lipinski definition) is 1. The molecule has 0 radical (unpaired) electrons. The number of nitrogens with zero attached hydrogens (tertiary/aromatic N) is 1. The number of aromatic amines is 1. The molecule has 0 saturated heterocycles. The Morgan fingerprint density at radius 2 is 1.64 bits per heavy atom. The first-order valence-corrected chi connectivity index (χ1v) is 7.36. The Kier molecular flexibility index (Phi) is 4.09. The molecule has 25 heavy (non-hydrogen) atoms. The predicted octanol–water partition coefficient (Wildman–Crippen LogP) is 5.61. The van der Waals surface area contributed by atoms with Gasteiger partial charge in [-0.2, -0.15) is 5.26 Å². The van der Waals surface area contributed by atoms with Gasteiger partial charge in [0.05, 0.1) is 0 Å². The van der Waals surface area contributed by atoms with E-state index in [1.54, 1.807) is 12.1 Å². The Balaban J connectivity index is 2.24. The van der Waals surface area contributed by atoms with E-state index < -0.39 is 17.6 Å². The maximum absolute atomic E-state index is 13.9. The van der Waals surface area contributed by atoms with Crippen LogP contribution in [-0.4, -0.2) is 4.98 Å². The molecule has 0 spiro atoms. The fraction of sp³-hybridized carbons (Fsp3) is 0.105. The minimum atomic E-state index is -3.13. The van der Waals surface area contributed by atoms with Crippen LogP contribution in [0.3, 0.4) is 0 Å². The SMILES string of the molecule is CC(F)(F)c1cc(-c2ccc(F)c(F)c2)cc(-c2cc[nH]c2C#N)c1. The summed E-state index contributed by atoms with van der Waals surface area (Å²) in [5.74, 6) is -5.21. The molecule has 6 heteroatoms. The molecule has 0 atom stereocenters. The van der Waals surface area contributed by atoms with E-state index in [0.717, 1.165) is 19.1 Å². The first-order chi connectivity index (χ1) is 11.8. The van der Waals surface area contributed by atoms with Crippen molar-refractivity contribution in [1.82, 2.24) is 4.98 Å². The summed E-state index contributed by atoms with van der Waals surface area (Å²) in [5, 5.41) is 9.13. The van der Waals surface area contributed by atoms with Crippen molar-refractivity contribution in [2.75, 3.05) is 0 Å². The van der Waals surface area contributed by atoms with Gasteiger partial charge in [0.15, 0.2) is 11.6 Å². The summed E-state index contributed by atoms with van der Waals surface area (Å²) in [6.07, 6.45) is 1.53. The highest BCUT2D eigenvalue weighted by atomic mass is 19.3. The van der Waals surface area contributed by atoms with Gasteiger partial charge < -0.3 is 4.98 Å². The van der Waals surface area contributed by atoms with E-state index in [9.17, 15) is 17.6 Å². The number of alkyl halides is 2. The lowest BCUT2D eigenvalue weighted by Crippen LogP contribution is -2.07. The van der Waals surface area contributed by atoms with E-state index in [0.29, 0.717) is 16.7 Å². The topological polar surface area (TPSA) is 39.6 Å². The van der Waals surface area contributed by atoms with Crippen LogP contribution in [0.25, 0.3) is 22.3 Å². The van der Waals surface area contributed by atoms with Gasteiger partial charge in [0, 0.05) is 24.2 Å². The number of halogens is 4. The maximum atomic E-state index is 13.9. The van der Waals surface area contributed by atoms with Crippen LogP contribution in [0.4, 0.5) is 17.6 Å². The van der Waals surface area contributed by atoms with Gasteiger partial charge in [0.25, 0.3) is 5.92 Å². The van der Waals surface area contributed by atoms with Crippen molar-refractivity contribution in [1.29, 1.82) is 5.26 Å². The number of rotatable bonds is 3.